The summed E-state index contributed by atoms with van der Waals surface area (Å²) in [6, 6.07) is -1.26. The zero-order valence-corrected chi connectivity index (χ0v) is 10.5. The van der Waals surface area contributed by atoms with E-state index in [2.05, 4.69) is 0 Å². The van der Waals surface area contributed by atoms with Crippen molar-refractivity contribution in [3.05, 3.63) is 23.7 Å². The quantitative estimate of drug-likeness (QED) is 0.601. The van der Waals surface area contributed by atoms with Crippen LogP contribution in [0.15, 0.2) is 18.1 Å². The van der Waals surface area contributed by atoms with Crippen LogP contribution < -0.4 is 11.2 Å². The minimum absolute atomic E-state index is 0.0525. The van der Waals surface area contributed by atoms with Crippen LogP contribution in [0.4, 0.5) is 5.69 Å². The Morgan fingerprint density at radius 1 is 1.18 bits per heavy atom. The van der Waals surface area contributed by atoms with Crippen LogP contribution in [-0.2, 0) is 9.31 Å². The van der Waals surface area contributed by atoms with Gasteiger partial charge >= 0.3 is 7.12 Å². The van der Waals surface area contributed by atoms with E-state index in [1.165, 1.54) is 0 Å². The Hall–Kier alpha value is -0.995. The fourth-order valence-electron chi connectivity index (χ4n) is 1.59. The summed E-state index contributed by atoms with van der Waals surface area (Å²) in [7, 11) is -1.08. The molecule has 4 heteroatoms. The Labute approximate surface area is 112 Å². The van der Waals surface area contributed by atoms with Crippen LogP contribution >= 0.6 is 0 Å². The van der Waals surface area contributed by atoms with Crippen molar-refractivity contribution in [3.8, 4) is 0 Å². The van der Waals surface area contributed by atoms with E-state index in [-0.39, 0.29) is 17.2 Å². The van der Waals surface area contributed by atoms with Crippen molar-refractivity contribution in [2.45, 2.75) is 45.7 Å². The highest BCUT2D eigenvalue weighted by molar-refractivity contribution is 6.62. The molecule has 0 bridgehead atoms. The lowest BCUT2D eigenvalue weighted by molar-refractivity contribution is 0.00578. The van der Waals surface area contributed by atoms with E-state index in [0.717, 1.165) is 0 Å². The Kier molecular flexibility index (Phi) is 1.50. The molecular formula is C13H20BNO2. The zero-order valence-electron chi connectivity index (χ0n) is 16.5. The molecule has 0 aromatic heterocycles. The first-order valence-electron chi connectivity index (χ1n) is 8.46. The van der Waals surface area contributed by atoms with E-state index in [1.54, 1.807) is 0 Å². The Balaban J connectivity index is 2.68. The van der Waals surface area contributed by atoms with Gasteiger partial charge in [0.2, 0.25) is 0 Å². The lowest BCUT2D eigenvalue weighted by atomic mass is 9.78. The first-order valence-corrected chi connectivity index (χ1v) is 5.46. The van der Waals surface area contributed by atoms with Gasteiger partial charge in [-0.05, 0) is 57.7 Å². The monoisotopic (exact) mass is 239 g/mol. The highest BCUT2D eigenvalue weighted by Gasteiger charge is 2.51. The number of rotatable bonds is 1. The largest absolute Gasteiger partial charge is 0.494 e. The first kappa shape index (κ1) is 6.81. The van der Waals surface area contributed by atoms with Gasteiger partial charge in [-0.2, -0.15) is 0 Å². The third kappa shape index (κ3) is 2.19. The Morgan fingerprint density at radius 2 is 1.76 bits per heavy atom. The molecule has 1 aliphatic heterocycles. The fourth-order valence-corrected chi connectivity index (χ4v) is 1.59. The second-order valence-electron chi connectivity index (χ2n) is 5.17. The van der Waals surface area contributed by atoms with Crippen molar-refractivity contribution in [3.63, 3.8) is 0 Å². The van der Waals surface area contributed by atoms with Crippen molar-refractivity contribution >= 4 is 18.3 Å². The maximum atomic E-state index is 8.19. The number of nitrogens with two attached hydrogens (primary N) is 1. The maximum absolute atomic E-state index is 8.19. The molecule has 1 aromatic carbocycles. The normalized spacial score (nSPS) is 27.6. The molecule has 92 valence electrons. The van der Waals surface area contributed by atoms with E-state index >= 15 is 0 Å². The van der Waals surface area contributed by atoms with E-state index in [1.807, 2.05) is 27.7 Å². The van der Waals surface area contributed by atoms with Gasteiger partial charge in [-0.1, -0.05) is 6.04 Å². The number of nitrogen functional groups attached to an aromatic ring is 1. The zero-order chi connectivity index (χ0) is 18.0. The van der Waals surface area contributed by atoms with Crippen LogP contribution in [-0.4, -0.2) is 18.3 Å². The molecular weight excluding hydrogens is 213 g/mol. The third-order valence-corrected chi connectivity index (χ3v) is 3.28. The van der Waals surface area contributed by atoms with Crippen LogP contribution in [0.5, 0.6) is 0 Å². The summed E-state index contributed by atoms with van der Waals surface area (Å²) >= 11 is 0. The third-order valence-electron chi connectivity index (χ3n) is 3.28. The predicted octanol–water partition coefficient (Wildman–Crippen LogP) is 1.88. The van der Waals surface area contributed by atoms with E-state index in [9.17, 15) is 0 Å². The average molecular weight is 239 g/mol. The first-order chi connectivity index (χ1) is 10.2. The maximum Gasteiger partial charge on any atom is 0.494 e. The molecule has 0 radical (unpaired) electrons. The molecule has 1 fully saturated rings. The second kappa shape index (κ2) is 3.75. The van der Waals surface area contributed by atoms with Crippen molar-refractivity contribution in [2.24, 2.45) is 0 Å². The van der Waals surface area contributed by atoms with Crippen LogP contribution in [0.2, 0.25) is 0 Å². The van der Waals surface area contributed by atoms with E-state index < -0.39 is 42.8 Å². The molecule has 0 atom stereocenters. The van der Waals surface area contributed by atoms with Crippen molar-refractivity contribution in [1.29, 1.82) is 0 Å². The average Bonchev–Trinajstić information content (AvgIpc) is 2.53. The number of anilines is 1. The van der Waals surface area contributed by atoms with Gasteiger partial charge in [-0.3, -0.25) is 0 Å². The summed E-state index contributed by atoms with van der Waals surface area (Å²) < 4.78 is 58.4. The molecule has 1 saturated heterocycles. The Bertz CT molecular complexity index is 643. The molecule has 17 heavy (non-hydrogen) atoms. The van der Waals surface area contributed by atoms with Gasteiger partial charge in [0.1, 0.15) is 0 Å². The number of hydrogen-bond acceptors (Lipinski definition) is 3. The molecule has 1 aromatic rings. The van der Waals surface area contributed by atoms with E-state index in [4.69, 9.17) is 23.3 Å². The summed E-state index contributed by atoms with van der Waals surface area (Å²) in [4.78, 5) is 0. The molecule has 0 spiro atoms. The molecule has 0 saturated carbocycles. The van der Waals surface area contributed by atoms with Crippen molar-refractivity contribution in [2.75, 3.05) is 5.73 Å². The summed E-state index contributed by atoms with van der Waals surface area (Å²) in [5, 5.41) is 0. The lowest BCUT2D eigenvalue weighted by Crippen LogP contribution is -2.41. The van der Waals surface area contributed by atoms with Gasteiger partial charge in [0, 0.05) is 9.80 Å². The standard InChI is InChI=1S/C13H20BNO2/c1-9-6-10(8-11(15)7-9)14-16-12(2,3)13(4,5)17-14/h6-8H,15H2,1-5H3/i1D3,6D,7D,8D. The fraction of sp³-hybridized carbons (Fsp3) is 0.538. The van der Waals surface area contributed by atoms with Gasteiger partial charge in [-0.15, -0.1) is 0 Å². The van der Waals surface area contributed by atoms with Crippen LogP contribution in [0.25, 0.3) is 0 Å². The van der Waals surface area contributed by atoms with E-state index in [0.29, 0.717) is 0 Å². The smallest absolute Gasteiger partial charge is 0.399 e. The summed E-state index contributed by atoms with van der Waals surface area (Å²) in [6.07, 6.45) is 0. The molecule has 2 N–H and O–H groups in total. The second-order valence-corrected chi connectivity index (χ2v) is 5.17. The molecule has 1 heterocycles. The lowest BCUT2D eigenvalue weighted by Gasteiger charge is -2.32. The van der Waals surface area contributed by atoms with Crippen molar-refractivity contribution < 1.29 is 17.5 Å². The molecule has 3 nitrogen and oxygen atoms in total. The van der Waals surface area contributed by atoms with Gasteiger partial charge in [-0.25, -0.2) is 0 Å². The van der Waals surface area contributed by atoms with Crippen LogP contribution in [0.1, 0.15) is 41.5 Å². The SMILES string of the molecule is [2H]c1c(N)c([2H])c(C([2H])([2H])[2H])c([2H])c1B1OC(C)(C)C(C)(C)O1. The summed E-state index contributed by atoms with van der Waals surface area (Å²) in [6.45, 7) is 4.56. The van der Waals surface area contributed by atoms with Gasteiger partial charge in [0.25, 0.3) is 0 Å². The highest BCUT2D eigenvalue weighted by Crippen LogP contribution is 2.36. The van der Waals surface area contributed by atoms with Gasteiger partial charge in [0.05, 0.1) is 15.3 Å². The van der Waals surface area contributed by atoms with Gasteiger partial charge in [0.15, 0.2) is 0 Å². The Morgan fingerprint density at radius 3 is 2.29 bits per heavy atom. The topological polar surface area (TPSA) is 44.5 Å². The molecule has 2 rings (SSSR count). The summed E-state index contributed by atoms with van der Waals surface area (Å²) in [5.74, 6) is 0. The number of hydrogen-bond donors (Lipinski definition) is 1. The molecule has 1 aliphatic rings. The molecule has 0 amide bonds. The molecule has 0 unspecified atom stereocenters. The van der Waals surface area contributed by atoms with Gasteiger partial charge < -0.3 is 15.0 Å². The predicted molar refractivity (Wildman–Crippen MR) is 71.3 cm³/mol. The molecule has 0 aliphatic carbocycles. The minimum atomic E-state index is -2.69. The minimum Gasteiger partial charge on any atom is -0.399 e. The van der Waals surface area contributed by atoms with Crippen LogP contribution in [0.3, 0.4) is 0 Å². The summed E-state index contributed by atoms with van der Waals surface area (Å²) in [5.41, 5.74) is 3.49. The van der Waals surface area contributed by atoms with Crippen molar-refractivity contribution in [1.82, 2.24) is 0 Å². The highest BCUT2D eigenvalue weighted by atomic mass is 16.7. The number of benzene rings is 1. The van der Waals surface area contributed by atoms with Crippen LogP contribution in [0, 0.1) is 6.85 Å².